The molecule has 1 aromatic rings. The molecule has 1 unspecified atom stereocenters. The monoisotopic (exact) mass is 278 g/mol. The number of hydrogen-bond acceptors (Lipinski definition) is 2. The summed E-state index contributed by atoms with van der Waals surface area (Å²) in [6, 6.07) is 7.78. The lowest BCUT2D eigenvalue weighted by Gasteiger charge is -2.25. The summed E-state index contributed by atoms with van der Waals surface area (Å²) >= 11 is 5.83. The second-order valence-electron chi connectivity index (χ2n) is 4.66. The molecule has 1 aromatic carbocycles. The first-order valence-corrected chi connectivity index (χ1v) is 7.03. The van der Waals surface area contributed by atoms with Crippen molar-refractivity contribution >= 4 is 23.6 Å². The Labute approximate surface area is 119 Å². The van der Waals surface area contributed by atoms with Crippen LogP contribution in [-0.2, 0) is 4.79 Å². The molecule has 0 saturated carbocycles. The second kappa shape index (κ2) is 6.73. The molecule has 0 aromatic heterocycles. The van der Waals surface area contributed by atoms with Gasteiger partial charge in [-0.05, 0) is 43.7 Å². The molecule has 3 nitrogen and oxygen atoms in total. The zero-order valence-electron chi connectivity index (χ0n) is 11.1. The number of hydrogen-bond donors (Lipinski definition) is 1. The van der Waals surface area contributed by atoms with Crippen LogP contribution in [0.5, 0.6) is 0 Å². The Kier molecular flexibility index (Phi) is 5.00. The molecule has 1 N–H and O–H groups in total. The topological polar surface area (TPSA) is 32.3 Å². The van der Waals surface area contributed by atoms with E-state index in [-0.39, 0.29) is 5.91 Å². The minimum Gasteiger partial charge on any atom is -0.335 e. The highest BCUT2D eigenvalue weighted by Gasteiger charge is 2.23. The Morgan fingerprint density at radius 2 is 2.21 bits per heavy atom. The summed E-state index contributed by atoms with van der Waals surface area (Å²) in [5, 5.41) is 3.99. The molecule has 1 heterocycles. The highest BCUT2D eigenvalue weighted by Crippen LogP contribution is 2.12. The largest absolute Gasteiger partial charge is 0.335 e. The smallest absolute Gasteiger partial charge is 0.246 e. The SMILES string of the molecule is CCN(C(=O)C=Cc1ccc(Cl)cc1)C1CCNC1. The molecular formula is C15H19ClN2O. The van der Waals surface area contributed by atoms with Crippen LogP contribution in [0.25, 0.3) is 6.08 Å². The summed E-state index contributed by atoms with van der Waals surface area (Å²) in [4.78, 5) is 14.1. The van der Waals surface area contributed by atoms with Gasteiger partial charge in [0.05, 0.1) is 0 Å². The molecule has 4 heteroatoms. The van der Waals surface area contributed by atoms with E-state index in [2.05, 4.69) is 5.32 Å². The molecule has 1 aliphatic rings. The Morgan fingerprint density at radius 1 is 1.47 bits per heavy atom. The van der Waals surface area contributed by atoms with Crippen LogP contribution in [-0.4, -0.2) is 36.5 Å². The first-order chi connectivity index (χ1) is 9.20. The summed E-state index contributed by atoms with van der Waals surface area (Å²) in [5.74, 6) is 0.0751. The minimum absolute atomic E-state index is 0.0751. The van der Waals surface area contributed by atoms with Crippen molar-refractivity contribution in [3.05, 3.63) is 40.9 Å². The number of nitrogens with one attached hydrogen (secondary N) is 1. The van der Waals surface area contributed by atoms with E-state index in [9.17, 15) is 4.79 Å². The summed E-state index contributed by atoms with van der Waals surface area (Å²) in [6.45, 7) is 4.66. The molecule has 19 heavy (non-hydrogen) atoms. The van der Waals surface area contributed by atoms with E-state index in [1.54, 1.807) is 6.08 Å². The number of likely N-dealkylation sites (N-methyl/N-ethyl adjacent to an activating group) is 1. The lowest BCUT2D eigenvalue weighted by Crippen LogP contribution is -2.40. The third kappa shape index (κ3) is 3.82. The molecule has 1 saturated heterocycles. The molecular weight excluding hydrogens is 260 g/mol. The van der Waals surface area contributed by atoms with Crippen LogP contribution in [0.3, 0.4) is 0 Å². The van der Waals surface area contributed by atoms with E-state index in [1.807, 2.05) is 42.2 Å². The van der Waals surface area contributed by atoms with E-state index >= 15 is 0 Å². The highest BCUT2D eigenvalue weighted by atomic mass is 35.5. The third-order valence-electron chi connectivity index (χ3n) is 3.39. The Bertz CT molecular complexity index is 450. The van der Waals surface area contributed by atoms with Crippen LogP contribution in [0.15, 0.2) is 30.3 Å². The van der Waals surface area contributed by atoms with Crippen molar-refractivity contribution in [1.29, 1.82) is 0 Å². The second-order valence-corrected chi connectivity index (χ2v) is 5.09. The van der Waals surface area contributed by atoms with E-state index < -0.39 is 0 Å². The average molecular weight is 279 g/mol. The number of rotatable bonds is 4. The molecule has 2 rings (SSSR count). The summed E-state index contributed by atoms with van der Waals surface area (Å²) in [5.41, 5.74) is 0.985. The molecule has 0 spiro atoms. The zero-order valence-corrected chi connectivity index (χ0v) is 11.9. The van der Waals surface area contributed by atoms with Crippen LogP contribution in [0.4, 0.5) is 0 Å². The van der Waals surface area contributed by atoms with Crippen molar-refractivity contribution < 1.29 is 4.79 Å². The van der Waals surface area contributed by atoms with E-state index in [0.717, 1.165) is 31.6 Å². The molecule has 1 aliphatic heterocycles. The van der Waals surface area contributed by atoms with Crippen molar-refractivity contribution in [3.63, 3.8) is 0 Å². The maximum absolute atomic E-state index is 12.2. The lowest BCUT2D eigenvalue weighted by atomic mass is 10.2. The molecule has 0 aliphatic carbocycles. The van der Waals surface area contributed by atoms with Crippen LogP contribution in [0.1, 0.15) is 18.9 Å². The van der Waals surface area contributed by atoms with Crippen LogP contribution in [0, 0.1) is 0 Å². The van der Waals surface area contributed by atoms with Crippen LogP contribution in [0.2, 0.25) is 5.02 Å². The van der Waals surface area contributed by atoms with Gasteiger partial charge in [-0.2, -0.15) is 0 Å². The standard InChI is InChI=1S/C15H19ClN2O/c1-2-18(14-9-10-17-11-14)15(19)8-5-12-3-6-13(16)7-4-12/h3-8,14,17H,2,9-11H2,1H3. The maximum atomic E-state index is 12.2. The summed E-state index contributed by atoms with van der Waals surface area (Å²) in [6.07, 6.45) is 4.52. The number of nitrogens with zero attached hydrogens (tertiary/aromatic N) is 1. The average Bonchev–Trinajstić information content (AvgIpc) is 2.93. The van der Waals surface area contributed by atoms with Crippen molar-refractivity contribution in [2.75, 3.05) is 19.6 Å². The third-order valence-corrected chi connectivity index (χ3v) is 3.64. The van der Waals surface area contributed by atoms with E-state index in [4.69, 9.17) is 11.6 Å². The molecule has 1 amide bonds. The van der Waals surface area contributed by atoms with E-state index in [0.29, 0.717) is 11.1 Å². The van der Waals surface area contributed by atoms with Crippen molar-refractivity contribution in [2.45, 2.75) is 19.4 Å². The van der Waals surface area contributed by atoms with Gasteiger partial charge >= 0.3 is 0 Å². The lowest BCUT2D eigenvalue weighted by molar-refractivity contribution is -0.127. The summed E-state index contributed by atoms with van der Waals surface area (Å²) in [7, 11) is 0. The fourth-order valence-electron chi connectivity index (χ4n) is 2.34. The number of halogens is 1. The number of carbonyl (C=O) groups excluding carboxylic acids is 1. The minimum atomic E-state index is 0.0751. The van der Waals surface area contributed by atoms with Gasteiger partial charge in [0.1, 0.15) is 0 Å². The van der Waals surface area contributed by atoms with Gasteiger partial charge in [0, 0.05) is 30.2 Å². The van der Waals surface area contributed by atoms with E-state index in [1.165, 1.54) is 0 Å². The Hall–Kier alpha value is -1.32. The van der Waals surface area contributed by atoms with Gasteiger partial charge in [0.2, 0.25) is 5.91 Å². The normalized spacial score (nSPS) is 18.9. The van der Waals surface area contributed by atoms with Gasteiger partial charge in [0.25, 0.3) is 0 Å². The van der Waals surface area contributed by atoms with Gasteiger partial charge in [-0.1, -0.05) is 23.7 Å². The van der Waals surface area contributed by atoms with Gasteiger partial charge in [0.15, 0.2) is 0 Å². The quantitative estimate of drug-likeness (QED) is 0.859. The molecule has 1 atom stereocenters. The first-order valence-electron chi connectivity index (χ1n) is 6.65. The first kappa shape index (κ1) is 14.1. The number of benzene rings is 1. The van der Waals surface area contributed by atoms with Gasteiger partial charge in [-0.15, -0.1) is 0 Å². The van der Waals surface area contributed by atoms with Gasteiger partial charge < -0.3 is 10.2 Å². The Balaban J connectivity index is 2.00. The molecule has 0 radical (unpaired) electrons. The zero-order chi connectivity index (χ0) is 13.7. The van der Waals surface area contributed by atoms with Crippen LogP contribution >= 0.6 is 11.6 Å². The van der Waals surface area contributed by atoms with Crippen molar-refractivity contribution in [3.8, 4) is 0 Å². The number of carbonyl (C=O) groups is 1. The predicted molar refractivity (Wildman–Crippen MR) is 79.1 cm³/mol. The van der Waals surface area contributed by atoms with Crippen molar-refractivity contribution in [2.24, 2.45) is 0 Å². The highest BCUT2D eigenvalue weighted by molar-refractivity contribution is 6.30. The fraction of sp³-hybridized carbons (Fsp3) is 0.400. The van der Waals surface area contributed by atoms with Gasteiger partial charge in [-0.3, -0.25) is 4.79 Å². The molecule has 1 fully saturated rings. The predicted octanol–water partition coefficient (Wildman–Crippen LogP) is 2.56. The number of amides is 1. The molecule has 102 valence electrons. The van der Waals surface area contributed by atoms with Gasteiger partial charge in [-0.25, -0.2) is 0 Å². The fourth-order valence-corrected chi connectivity index (χ4v) is 2.46. The Morgan fingerprint density at radius 3 is 2.79 bits per heavy atom. The van der Waals surface area contributed by atoms with Crippen LogP contribution < -0.4 is 5.32 Å². The maximum Gasteiger partial charge on any atom is 0.246 e. The summed E-state index contributed by atoms with van der Waals surface area (Å²) < 4.78 is 0. The van der Waals surface area contributed by atoms with Crippen molar-refractivity contribution in [1.82, 2.24) is 10.2 Å². The molecule has 0 bridgehead atoms.